The summed E-state index contributed by atoms with van der Waals surface area (Å²) in [5.74, 6) is 0.380. The molecule has 0 radical (unpaired) electrons. The lowest BCUT2D eigenvalue weighted by atomic mass is 9.76. The molecule has 1 aliphatic rings. The number of rotatable bonds is 4. The number of benzene rings is 3. The van der Waals surface area contributed by atoms with Gasteiger partial charge in [0.25, 0.3) is 0 Å². The van der Waals surface area contributed by atoms with E-state index in [1.165, 1.54) is 6.42 Å². The zero-order valence-electron chi connectivity index (χ0n) is 17.6. The molecular formula is C26H30O3. The van der Waals surface area contributed by atoms with Gasteiger partial charge in [-0.05, 0) is 49.4 Å². The first kappa shape index (κ1) is 19.9. The maximum Gasteiger partial charge on any atom is 0.316 e. The average molecular weight is 391 g/mol. The quantitative estimate of drug-likeness (QED) is 0.315. The average Bonchev–Trinajstić information content (AvgIpc) is 2.73. The first-order chi connectivity index (χ1) is 13.9. The summed E-state index contributed by atoms with van der Waals surface area (Å²) in [4.78, 5) is 12.9. The molecule has 29 heavy (non-hydrogen) atoms. The third-order valence-corrected chi connectivity index (χ3v) is 6.66. The number of aliphatic hydroxyl groups is 1. The molecular weight excluding hydrogens is 360 g/mol. The van der Waals surface area contributed by atoms with Crippen molar-refractivity contribution >= 4 is 27.5 Å². The molecule has 3 nitrogen and oxygen atoms in total. The predicted octanol–water partition coefficient (Wildman–Crippen LogP) is 6.49. The summed E-state index contributed by atoms with van der Waals surface area (Å²) in [6, 6.07) is 16.0. The Kier molecular flexibility index (Phi) is 5.12. The van der Waals surface area contributed by atoms with Crippen LogP contribution in [0.1, 0.15) is 64.9 Å². The standard InChI is InChI=1S/C26H30O3/c1-4-25(2,3)24(27)29-23-20-14-8-6-12-18(20)22(19-13-7-9-15-21(19)23)26(28)16-10-5-11-17-26/h6-9,12-15,28H,4-5,10-11,16-17H2,1-3H3. The van der Waals surface area contributed by atoms with E-state index in [-0.39, 0.29) is 5.97 Å². The first-order valence-corrected chi connectivity index (χ1v) is 10.8. The Morgan fingerprint density at radius 3 is 1.90 bits per heavy atom. The van der Waals surface area contributed by atoms with Gasteiger partial charge in [0.2, 0.25) is 0 Å². The molecule has 0 unspecified atom stereocenters. The van der Waals surface area contributed by atoms with Gasteiger partial charge in [0.1, 0.15) is 5.75 Å². The summed E-state index contributed by atoms with van der Waals surface area (Å²) < 4.78 is 6.05. The third kappa shape index (κ3) is 3.42. The Hall–Kier alpha value is -2.39. The van der Waals surface area contributed by atoms with Gasteiger partial charge in [-0.1, -0.05) is 74.7 Å². The normalized spacial score (nSPS) is 16.8. The predicted molar refractivity (Wildman–Crippen MR) is 118 cm³/mol. The second-order valence-electron chi connectivity index (χ2n) is 9.01. The van der Waals surface area contributed by atoms with Crippen molar-refractivity contribution in [3.63, 3.8) is 0 Å². The molecule has 1 N–H and O–H groups in total. The molecule has 0 aliphatic heterocycles. The highest BCUT2D eigenvalue weighted by molar-refractivity contribution is 6.10. The van der Waals surface area contributed by atoms with Crippen LogP contribution >= 0.6 is 0 Å². The lowest BCUT2D eigenvalue weighted by Gasteiger charge is -2.35. The van der Waals surface area contributed by atoms with E-state index in [1.807, 2.05) is 69.3 Å². The fraction of sp³-hybridized carbons (Fsp3) is 0.423. The first-order valence-electron chi connectivity index (χ1n) is 10.8. The molecule has 0 aromatic heterocycles. The second kappa shape index (κ2) is 7.46. The Morgan fingerprint density at radius 2 is 1.41 bits per heavy atom. The molecule has 152 valence electrons. The summed E-state index contributed by atoms with van der Waals surface area (Å²) in [6.07, 6.45) is 5.46. The number of esters is 1. The number of hydrogen-bond acceptors (Lipinski definition) is 3. The Labute approximate surface area is 172 Å². The van der Waals surface area contributed by atoms with Gasteiger partial charge in [-0.3, -0.25) is 4.79 Å². The van der Waals surface area contributed by atoms with Crippen LogP contribution in [0.3, 0.4) is 0 Å². The SMILES string of the molecule is CCC(C)(C)C(=O)Oc1c2ccccc2c(C2(O)CCCCC2)c2ccccc12. The lowest BCUT2D eigenvalue weighted by molar-refractivity contribution is -0.143. The maximum atomic E-state index is 12.9. The van der Waals surface area contributed by atoms with Crippen LogP contribution in [0.4, 0.5) is 0 Å². The summed E-state index contributed by atoms with van der Waals surface area (Å²) in [6.45, 7) is 5.83. The monoisotopic (exact) mass is 390 g/mol. The minimum Gasteiger partial charge on any atom is -0.425 e. The molecule has 0 amide bonds. The maximum absolute atomic E-state index is 12.9. The zero-order valence-corrected chi connectivity index (χ0v) is 17.6. The Morgan fingerprint density at radius 1 is 0.931 bits per heavy atom. The molecule has 4 rings (SSSR count). The van der Waals surface area contributed by atoms with Gasteiger partial charge in [-0.15, -0.1) is 0 Å². The van der Waals surface area contributed by atoms with Crippen LogP contribution in [-0.2, 0) is 10.4 Å². The van der Waals surface area contributed by atoms with Crippen LogP contribution < -0.4 is 4.74 Å². The topological polar surface area (TPSA) is 46.5 Å². The van der Waals surface area contributed by atoms with Gasteiger partial charge < -0.3 is 9.84 Å². The van der Waals surface area contributed by atoms with Gasteiger partial charge in [0.15, 0.2) is 0 Å². The van der Waals surface area contributed by atoms with Crippen LogP contribution in [-0.4, -0.2) is 11.1 Å². The number of ether oxygens (including phenoxy) is 1. The largest absolute Gasteiger partial charge is 0.425 e. The van der Waals surface area contributed by atoms with Crippen molar-refractivity contribution in [3.05, 3.63) is 54.1 Å². The lowest BCUT2D eigenvalue weighted by Crippen LogP contribution is -2.30. The molecule has 0 bridgehead atoms. The van der Waals surface area contributed by atoms with Crippen LogP contribution in [0.15, 0.2) is 48.5 Å². The highest BCUT2D eigenvalue weighted by Gasteiger charge is 2.36. The van der Waals surface area contributed by atoms with E-state index in [1.54, 1.807) is 0 Å². The molecule has 0 saturated heterocycles. The van der Waals surface area contributed by atoms with E-state index >= 15 is 0 Å². The van der Waals surface area contributed by atoms with Crippen LogP contribution in [0.5, 0.6) is 5.75 Å². The molecule has 1 aliphatic carbocycles. The summed E-state index contributed by atoms with van der Waals surface area (Å²) in [7, 11) is 0. The van der Waals surface area contributed by atoms with E-state index in [2.05, 4.69) is 0 Å². The molecule has 1 saturated carbocycles. The summed E-state index contributed by atoms with van der Waals surface area (Å²) in [5.41, 5.74) is -0.413. The molecule has 0 atom stereocenters. The van der Waals surface area contributed by atoms with Crippen LogP contribution in [0, 0.1) is 5.41 Å². The van der Waals surface area contributed by atoms with Gasteiger partial charge in [-0.25, -0.2) is 0 Å². The number of carbonyl (C=O) groups is 1. The van der Waals surface area contributed by atoms with Crippen LogP contribution in [0.25, 0.3) is 21.5 Å². The van der Waals surface area contributed by atoms with Crippen molar-refractivity contribution in [2.45, 2.75) is 64.9 Å². The molecule has 3 aromatic carbocycles. The van der Waals surface area contributed by atoms with E-state index in [0.717, 1.165) is 52.8 Å². The van der Waals surface area contributed by atoms with Gasteiger partial charge >= 0.3 is 5.97 Å². The number of carbonyl (C=O) groups excluding carboxylic acids is 1. The summed E-state index contributed by atoms with van der Waals surface area (Å²) in [5, 5.41) is 15.4. The van der Waals surface area contributed by atoms with Crippen molar-refractivity contribution < 1.29 is 14.6 Å². The number of hydrogen-bond donors (Lipinski definition) is 1. The molecule has 0 heterocycles. The minimum absolute atomic E-state index is 0.223. The highest BCUT2D eigenvalue weighted by atomic mass is 16.5. The van der Waals surface area contributed by atoms with E-state index in [4.69, 9.17) is 4.74 Å². The molecule has 0 spiro atoms. The zero-order chi connectivity index (χ0) is 20.6. The van der Waals surface area contributed by atoms with E-state index in [0.29, 0.717) is 12.2 Å². The smallest absolute Gasteiger partial charge is 0.316 e. The molecule has 1 fully saturated rings. The van der Waals surface area contributed by atoms with Crippen molar-refractivity contribution in [1.82, 2.24) is 0 Å². The van der Waals surface area contributed by atoms with Crippen molar-refractivity contribution in [2.24, 2.45) is 5.41 Å². The van der Waals surface area contributed by atoms with Crippen LogP contribution in [0.2, 0.25) is 0 Å². The van der Waals surface area contributed by atoms with Gasteiger partial charge in [0.05, 0.1) is 11.0 Å². The van der Waals surface area contributed by atoms with E-state index < -0.39 is 11.0 Å². The Balaban J connectivity index is 2.01. The fourth-order valence-corrected chi connectivity index (χ4v) is 4.46. The highest BCUT2D eigenvalue weighted by Crippen LogP contribution is 2.47. The van der Waals surface area contributed by atoms with Gasteiger partial charge in [0, 0.05) is 10.8 Å². The minimum atomic E-state index is -0.845. The fourth-order valence-electron chi connectivity index (χ4n) is 4.46. The van der Waals surface area contributed by atoms with Crippen molar-refractivity contribution in [1.29, 1.82) is 0 Å². The molecule has 3 aromatic rings. The number of fused-ring (bicyclic) bond motifs is 2. The van der Waals surface area contributed by atoms with Crippen molar-refractivity contribution in [2.75, 3.05) is 0 Å². The third-order valence-electron chi connectivity index (χ3n) is 6.66. The Bertz CT molecular complexity index is 1000. The van der Waals surface area contributed by atoms with Gasteiger partial charge in [-0.2, -0.15) is 0 Å². The van der Waals surface area contributed by atoms with E-state index in [9.17, 15) is 9.90 Å². The molecule has 3 heteroatoms. The second-order valence-corrected chi connectivity index (χ2v) is 9.01. The van der Waals surface area contributed by atoms with Crippen molar-refractivity contribution in [3.8, 4) is 5.75 Å². The summed E-state index contributed by atoms with van der Waals surface area (Å²) >= 11 is 0.